The molecule has 134 valence electrons. The molecule has 0 unspecified atom stereocenters. The van der Waals surface area contributed by atoms with Crippen LogP contribution in [0, 0.1) is 17.3 Å². The largest absolute Gasteiger partial charge is 0.366 e. The molecule has 4 rings (SSSR count). The van der Waals surface area contributed by atoms with Gasteiger partial charge in [0, 0.05) is 5.41 Å². The van der Waals surface area contributed by atoms with Gasteiger partial charge in [-0.2, -0.15) is 4.89 Å². The Labute approximate surface area is 144 Å². The average molecular weight is 334 g/mol. The van der Waals surface area contributed by atoms with Crippen molar-refractivity contribution in [2.75, 3.05) is 0 Å². The molecule has 0 aromatic heterocycles. The zero-order chi connectivity index (χ0) is 17.4. The van der Waals surface area contributed by atoms with E-state index in [0.29, 0.717) is 17.9 Å². The second-order valence-electron chi connectivity index (χ2n) is 9.29. The quantitative estimate of drug-likeness (QED) is 0.449. The first kappa shape index (κ1) is 16.8. The Balaban J connectivity index is 1.59. The Morgan fingerprint density at radius 3 is 2.54 bits per heavy atom. The molecule has 2 aliphatic heterocycles. The highest BCUT2D eigenvalue weighted by atomic mass is 17.2. The zero-order valence-corrected chi connectivity index (χ0v) is 15.3. The van der Waals surface area contributed by atoms with E-state index in [1.165, 1.54) is 5.57 Å². The monoisotopic (exact) mass is 334 g/mol. The number of fused-ring (bicyclic) bond motifs is 2. The lowest BCUT2D eigenvalue weighted by atomic mass is 9.48. The smallest absolute Gasteiger partial charge is 0.224 e. The molecule has 6 atom stereocenters. The second kappa shape index (κ2) is 4.94. The van der Waals surface area contributed by atoms with E-state index in [1.54, 1.807) is 6.08 Å². The van der Waals surface area contributed by atoms with Crippen LogP contribution >= 0.6 is 0 Å². The maximum absolute atomic E-state index is 11.2. The fourth-order valence-corrected chi connectivity index (χ4v) is 5.04. The van der Waals surface area contributed by atoms with Crippen molar-refractivity contribution in [2.45, 2.75) is 82.9 Å². The maximum Gasteiger partial charge on any atom is 0.224 e. The summed E-state index contributed by atoms with van der Waals surface area (Å²) in [5.41, 5.74) is 0.465. The molecule has 4 aliphatic rings. The minimum Gasteiger partial charge on any atom is -0.366 e. The highest BCUT2D eigenvalue weighted by molar-refractivity contribution is 5.23. The molecular formula is C20H30O4. The fourth-order valence-electron chi connectivity index (χ4n) is 5.04. The number of hydrogen-bond donors (Lipinski definition) is 1. The molecule has 0 aromatic carbocycles. The highest BCUT2D eigenvalue weighted by Crippen LogP contribution is 2.64. The van der Waals surface area contributed by atoms with E-state index in [0.717, 1.165) is 32.1 Å². The molecule has 0 spiro atoms. The van der Waals surface area contributed by atoms with Gasteiger partial charge < -0.3 is 9.84 Å². The van der Waals surface area contributed by atoms with E-state index in [9.17, 15) is 5.11 Å². The highest BCUT2D eigenvalue weighted by Gasteiger charge is 2.65. The van der Waals surface area contributed by atoms with Gasteiger partial charge in [-0.05, 0) is 76.9 Å². The third-order valence-corrected chi connectivity index (χ3v) is 7.10. The zero-order valence-electron chi connectivity index (χ0n) is 15.3. The van der Waals surface area contributed by atoms with E-state index in [1.807, 2.05) is 19.9 Å². The lowest BCUT2D eigenvalue weighted by Gasteiger charge is -2.60. The Bertz CT molecular complexity index is 596. The van der Waals surface area contributed by atoms with Crippen LogP contribution in [0.15, 0.2) is 24.3 Å². The van der Waals surface area contributed by atoms with Crippen molar-refractivity contribution in [3.05, 3.63) is 24.3 Å². The fraction of sp³-hybridized carbons (Fsp3) is 0.800. The average Bonchev–Trinajstić information content (AvgIpc) is 3.14. The summed E-state index contributed by atoms with van der Waals surface area (Å²) in [7, 11) is 0. The van der Waals surface area contributed by atoms with Crippen LogP contribution in [0.3, 0.4) is 0 Å². The van der Waals surface area contributed by atoms with E-state index < -0.39 is 11.4 Å². The summed E-state index contributed by atoms with van der Waals surface area (Å²) in [5, 5.41) is 11.2. The number of ether oxygens (including phenoxy) is 1. The number of allylic oxidation sites excluding steroid dienone is 1. The van der Waals surface area contributed by atoms with Crippen molar-refractivity contribution < 1.29 is 19.6 Å². The molecular weight excluding hydrogens is 304 g/mol. The van der Waals surface area contributed by atoms with Gasteiger partial charge in [0.05, 0.1) is 11.7 Å². The summed E-state index contributed by atoms with van der Waals surface area (Å²) in [6.07, 6.45) is 9.13. The van der Waals surface area contributed by atoms with Crippen LogP contribution in [-0.2, 0) is 14.5 Å². The molecule has 0 radical (unpaired) electrons. The van der Waals surface area contributed by atoms with E-state index in [4.69, 9.17) is 14.5 Å². The first-order valence-corrected chi connectivity index (χ1v) is 9.24. The predicted octanol–water partition coefficient (Wildman–Crippen LogP) is 3.90. The molecule has 1 N–H and O–H groups in total. The normalized spacial score (nSPS) is 53.0. The summed E-state index contributed by atoms with van der Waals surface area (Å²) in [6, 6.07) is 0. The van der Waals surface area contributed by atoms with Gasteiger partial charge in [-0.3, -0.25) is 0 Å². The topological polar surface area (TPSA) is 51.2 Å². The van der Waals surface area contributed by atoms with Crippen molar-refractivity contribution in [3.8, 4) is 0 Å². The standard InChI is InChI=1S/C20H30O4/c1-13-6-7-16-19(5,22-16)9-8-15-14(13)12-18(15,4)20(21)11-10-17(2,3)23-24-20/h10-11,14-16,21H,1,6-9,12H2,2-5H3/t14-,15-,16+,18-,19-,20-/m0/s1. The molecule has 0 amide bonds. The van der Waals surface area contributed by atoms with Crippen LogP contribution < -0.4 is 0 Å². The summed E-state index contributed by atoms with van der Waals surface area (Å²) >= 11 is 0. The second-order valence-corrected chi connectivity index (χ2v) is 9.29. The van der Waals surface area contributed by atoms with Gasteiger partial charge in [0.25, 0.3) is 0 Å². The molecule has 3 fully saturated rings. The Hall–Kier alpha value is -0.680. The van der Waals surface area contributed by atoms with E-state index in [-0.39, 0.29) is 11.0 Å². The first-order chi connectivity index (χ1) is 11.1. The van der Waals surface area contributed by atoms with Crippen LogP contribution in [0.2, 0.25) is 0 Å². The first-order valence-electron chi connectivity index (χ1n) is 9.24. The molecule has 2 heterocycles. The van der Waals surface area contributed by atoms with Gasteiger partial charge in [-0.1, -0.05) is 19.1 Å². The van der Waals surface area contributed by atoms with Crippen LogP contribution in [0.5, 0.6) is 0 Å². The Kier molecular flexibility index (Phi) is 3.45. The van der Waals surface area contributed by atoms with E-state index in [2.05, 4.69) is 20.4 Å². The van der Waals surface area contributed by atoms with Crippen molar-refractivity contribution in [1.82, 2.24) is 0 Å². The summed E-state index contributed by atoms with van der Waals surface area (Å²) in [5.74, 6) is -0.570. The lowest BCUT2D eigenvalue weighted by Crippen LogP contribution is -2.62. The van der Waals surface area contributed by atoms with Crippen molar-refractivity contribution >= 4 is 0 Å². The number of epoxide rings is 1. The van der Waals surface area contributed by atoms with Gasteiger partial charge >= 0.3 is 0 Å². The number of hydrogen-bond acceptors (Lipinski definition) is 4. The SMILES string of the molecule is C=C1CC[C@H]2O[C@@]2(C)CC[C@H]2[C@H]1C[C@]2(C)[C@]1(O)C=CC(C)(C)OO1. The van der Waals surface area contributed by atoms with Crippen molar-refractivity contribution in [2.24, 2.45) is 17.3 Å². The van der Waals surface area contributed by atoms with E-state index >= 15 is 0 Å². The Morgan fingerprint density at radius 1 is 1.12 bits per heavy atom. The number of aliphatic hydroxyl groups is 1. The van der Waals surface area contributed by atoms with Crippen LogP contribution in [0.25, 0.3) is 0 Å². The summed E-state index contributed by atoms with van der Waals surface area (Å²) in [6.45, 7) is 12.5. The molecule has 1 saturated heterocycles. The van der Waals surface area contributed by atoms with Crippen LogP contribution in [-0.4, -0.2) is 28.2 Å². The Morgan fingerprint density at radius 2 is 1.88 bits per heavy atom. The molecule has 24 heavy (non-hydrogen) atoms. The summed E-state index contributed by atoms with van der Waals surface area (Å²) in [4.78, 5) is 11.0. The van der Waals surface area contributed by atoms with Gasteiger partial charge in [0.15, 0.2) is 0 Å². The van der Waals surface area contributed by atoms with Gasteiger partial charge in [0.2, 0.25) is 5.79 Å². The van der Waals surface area contributed by atoms with Gasteiger partial charge in [-0.25, -0.2) is 4.89 Å². The molecule has 2 aliphatic carbocycles. The van der Waals surface area contributed by atoms with Crippen molar-refractivity contribution in [1.29, 1.82) is 0 Å². The predicted molar refractivity (Wildman–Crippen MR) is 90.9 cm³/mol. The number of rotatable bonds is 1. The third kappa shape index (κ3) is 2.34. The summed E-state index contributed by atoms with van der Waals surface area (Å²) < 4.78 is 5.93. The molecule has 2 saturated carbocycles. The van der Waals surface area contributed by atoms with Gasteiger partial charge in [-0.15, -0.1) is 0 Å². The minimum absolute atomic E-state index is 0.0239. The molecule has 0 aromatic rings. The maximum atomic E-state index is 11.2. The van der Waals surface area contributed by atoms with Crippen LogP contribution in [0.1, 0.15) is 59.8 Å². The molecule has 0 bridgehead atoms. The minimum atomic E-state index is -1.37. The lowest BCUT2D eigenvalue weighted by molar-refractivity contribution is -0.477. The van der Waals surface area contributed by atoms with Crippen molar-refractivity contribution in [3.63, 3.8) is 0 Å². The molecule has 4 nitrogen and oxygen atoms in total. The van der Waals surface area contributed by atoms with Gasteiger partial charge in [0.1, 0.15) is 5.60 Å². The van der Waals surface area contributed by atoms with Crippen LogP contribution in [0.4, 0.5) is 0 Å². The third-order valence-electron chi connectivity index (χ3n) is 7.10. The molecule has 4 heteroatoms.